The van der Waals surface area contributed by atoms with Gasteiger partial charge in [0.15, 0.2) is 11.4 Å². The zero-order chi connectivity index (χ0) is 81.4. The number of oxazole rings is 3. The Kier molecular flexibility index (Phi) is 35.8. The van der Waals surface area contributed by atoms with Crippen LogP contribution in [0.3, 0.4) is 0 Å². The van der Waals surface area contributed by atoms with Gasteiger partial charge in [0.25, 0.3) is 17.7 Å². The Balaban J connectivity index is 1.19. The van der Waals surface area contributed by atoms with Gasteiger partial charge in [0.1, 0.15) is 36.6 Å². The number of carbonyl (C=O) groups excluding carboxylic acids is 6. The van der Waals surface area contributed by atoms with E-state index in [1.807, 2.05) is 4.90 Å². The molecule has 15 N–H and O–H groups in total. The second-order valence-corrected chi connectivity index (χ2v) is 27.1. The molecule has 0 spiro atoms. The van der Waals surface area contributed by atoms with Crippen LogP contribution in [-0.2, 0) is 47.9 Å². The van der Waals surface area contributed by atoms with Crippen molar-refractivity contribution >= 4 is 83.3 Å². The molecule has 47 heteroatoms. The number of amides is 7. The van der Waals surface area contributed by atoms with Gasteiger partial charge in [0.05, 0.1) is 84.8 Å². The Bertz CT molecular complexity index is 3660. The van der Waals surface area contributed by atoms with Gasteiger partial charge in [-0.2, -0.15) is 0 Å². The lowest BCUT2D eigenvalue weighted by Crippen LogP contribution is -2.51. The van der Waals surface area contributed by atoms with E-state index in [9.17, 15) is 113 Å². The Morgan fingerprint density at radius 2 is 0.661 bits per heavy atom. The van der Waals surface area contributed by atoms with Crippen LogP contribution in [0.1, 0.15) is 73.7 Å². The first-order valence-electron chi connectivity index (χ1n) is 36.1. The van der Waals surface area contributed by atoms with Crippen molar-refractivity contribution in [2.24, 2.45) is 0 Å². The number of carboxylic acid groups (broad SMARTS) is 8. The molecule has 620 valence electrons. The molecule has 3 fully saturated rings. The third-order valence-electron chi connectivity index (χ3n) is 18.4. The first-order valence-corrected chi connectivity index (χ1v) is 36.1. The number of nitrogens with one attached hydrogen (secondary N) is 6. The molecular weight excluding hydrogens is 1490 g/mol. The Morgan fingerprint density at radius 1 is 0.357 bits per heavy atom. The predicted molar refractivity (Wildman–Crippen MR) is 380 cm³/mol. The summed E-state index contributed by atoms with van der Waals surface area (Å²) in [6.07, 6.45) is 3.04. The molecule has 3 aromatic rings. The average molecular weight is 1590 g/mol. The molecule has 7 heterocycles. The molecule has 0 aromatic carbocycles. The molecule has 4 aliphatic heterocycles. The average Bonchev–Trinajstić information content (AvgIpc) is 1.68. The maximum atomic E-state index is 14.5. The van der Waals surface area contributed by atoms with Crippen LogP contribution in [0.4, 0.5) is 4.79 Å². The van der Waals surface area contributed by atoms with E-state index in [1.54, 1.807) is 34.3 Å². The van der Waals surface area contributed by atoms with Crippen LogP contribution in [0, 0.1) is 0 Å². The van der Waals surface area contributed by atoms with Crippen LogP contribution in [0.5, 0.6) is 0 Å². The highest BCUT2D eigenvalue weighted by atomic mass is 16.4. The molecule has 4 aliphatic rings. The van der Waals surface area contributed by atoms with Gasteiger partial charge in [0, 0.05) is 170 Å². The second kappa shape index (κ2) is 45.1. The summed E-state index contributed by atoms with van der Waals surface area (Å²) < 4.78 is 17.3. The van der Waals surface area contributed by atoms with Crippen molar-refractivity contribution in [2.75, 3.05) is 249 Å². The summed E-state index contributed by atoms with van der Waals surface area (Å²) in [7, 11) is 0. The highest BCUT2D eigenvalue weighted by molar-refractivity contribution is 5.94. The highest BCUT2D eigenvalue weighted by Gasteiger charge is 2.34. The molecule has 0 unspecified atom stereocenters. The zero-order valence-electron chi connectivity index (χ0n) is 61.7. The van der Waals surface area contributed by atoms with Gasteiger partial charge in [-0.25, -0.2) is 19.7 Å². The standard InChI is InChI=1S/C65H99N21O26/c87-25-24-75-4-5-78(32-52(92)93)16-17-83(37-57(102)103)21-23-86(22-20-75)65(109)68-26-43-46-39-112-64(72-46)61(108)71-45(28-67-50(89)30-84-3-1-2-76(31-51(90)91)6-9-82(36-56(100)101)18-19-85(42-84)38-58(104)105)63-74-48(41-111-63)60(107)70-44(62-73-47(40-110-62)59(106)69-43)27-66-49(88)29-77-7-10-79(33-53(94)95)12-14-81(35-55(98)99)15-13-80(11-8-77)34-54(96)97/h39-41,43-45,87H,1-38,42H2,(H,66,88)(H,67,89)(H,68,109)(H,69,106)(H,70,107)(H,71,108)(H,90,91)(H,92,93)(H,94,95)(H,96,97)(H,98,99)(H,100,101)(H,102,103)(H,104,105)/t43-,44-,45-/m0/s1. The Hall–Kier alpha value is -10.5. The van der Waals surface area contributed by atoms with Gasteiger partial charge in [-0.15, -0.1) is 0 Å². The quantitative estimate of drug-likeness (QED) is 0.0321. The monoisotopic (exact) mass is 1590 g/mol. The van der Waals surface area contributed by atoms with Crippen molar-refractivity contribution in [3.63, 3.8) is 0 Å². The molecule has 0 radical (unpaired) electrons. The lowest BCUT2D eigenvalue weighted by atomic mass is 10.2. The Morgan fingerprint density at radius 3 is 1.06 bits per heavy atom. The fourth-order valence-electron chi connectivity index (χ4n) is 12.7. The number of aliphatic hydroxyl groups is 1. The molecule has 3 saturated heterocycles. The minimum Gasteiger partial charge on any atom is -0.480 e. The molecule has 0 saturated carbocycles. The largest absolute Gasteiger partial charge is 0.480 e. The zero-order valence-corrected chi connectivity index (χ0v) is 61.7. The normalized spacial score (nSPS) is 20.7. The molecule has 3 aromatic heterocycles. The third kappa shape index (κ3) is 31.7. The van der Waals surface area contributed by atoms with Crippen molar-refractivity contribution in [3.8, 4) is 0 Å². The molecular formula is C65H99N21O26. The number of nitrogens with zero attached hydrogens (tertiary/aromatic N) is 15. The van der Waals surface area contributed by atoms with Gasteiger partial charge < -0.3 is 96.0 Å². The number of aliphatic hydroxyl groups excluding tert-OH is 1. The van der Waals surface area contributed by atoms with E-state index in [0.29, 0.717) is 0 Å². The maximum absolute atomic E-state index is 14.5. The van der Waals surface area contributed by atoms with Gasteiger partial charge in [-0.05, 0) is 6.42 Å². The molecule has 0 aliphatic carbocycles. The summed E-state index contributed by atoms with van der Waals surface area (Å²) in [5, 5.41) is 104. The van der Waals surface area contributed by atoms with Crippen LogP contribution in [0.25, 0.3) is 0 Å². The highest BCUT2D eigenvalue weighted by Crippen LogP contribution is 2.21. The fourth-order valence-corrected chi connectivity index (χ4v) is 12.7. The molecule has 3 atom stereocenters. The minimum atomic E-state index is -1.51. The van der Waals surface area contributed by atoms with E-state index < -0.39 is 197 Å². The van der Waals surface area contributed by atoms with E-state index >= 15 is 0 Å². The van der Waals surface area contributed by atoms with Crippen molar-refractivity contribution in [3.05, 3.63) is 53.5 Å². The number of β-amino-alcohol motifs (C(OH)–C–C–N with tert-alkyl or cyclic N) is 1. The molecule has 112 heavy (non-hydrogen) atoms. The molecule has 7 amide bonds. The van der Waals surface area contributed by atoms with Crippen molar-refractivity contribution in [1.82, 2.24) is 106 Å². The number of fused-ring (bicyclic) bond motifs is 6. The van der Waals surface area contributed by atoms with Crippen molar-refractivity contribution < 1.29 is 126 Å². The van der Waals surface area contributed by atoms with E-state index in [4.69, 9.17) is 13.3 Å². The van der Waals surface area contributed by atoms with Gasteiger partial charge in [-0.3, -0.25) is 116 Å². The van der Waals surface area contributed by atoms with Crippen LogP contribution >= 0.6 is 0 Å². The molecule has 6 bridgehead atoms. The topological polar surface area (TPSA) is 610 Å². The number of aromatic nitrogens is 3. The van der Waals surface area contributed by atoms with Crippen LogP contribution < -0.4 is 31.9 Å². The van der Waals surface area contributed by atoms with E-state index in [2.05, 4.69) is 46.9 Å². The second-order valence-electron chi connectivity index (χ2n) is 27.1. The third-order valence-corrected chi connectivity index (χ3v) is 18.4. The fraction of sp³-hybridized carbons (Fsp3) is 0.646. The van der Waals surface area contributed by atoms with Crippen molar-refractivity contribution in [2.45, 2.75) is 24.5 Å². The predicted octanol–water partition coefficient (Wildman–Crippen LogP) is -8.00. The summed E-state index contributed by atoms with van der Waals surface area (Å²) in [6, 6.07) is -5.17. The maximum Gasteiger partial charge on any atom is 0.317 e. The van der Waals surface area contributed by atoms with Crippen molar-refractivity contribution in [1.29, 1.82) is 0 Å². The van der Waals surface area contributed by atoms with E-state index in [1.165, 1.54) is 19.6 Å². The number of carboxylic acids is 8. The lowest BCUT2D eigenvalue weighted by Gasteiger charge is -2.33. The number of hydrogen-bond donors (Lipinski definition) is 15. The van der Waals surface area contributed by atoms with E-state index in [0.717, 1.165) is 18.8 Å². The first kappa shape index (κ1) is 88.7. The number of urea groups is 1. The van der Waals surface area contributed by atoms with Gasteiger partial charge in [0.2, 0.25) is 23.6 Å². The minimum absolute atomic E-state index is 0.0105. The summed E-state index contributed by atoms with van der Waals surface area (Å²) in [5.41, 5.74) is -1.11. The number of carbonyl (C=O) groups is 14. The summed E-state index contributed by atoms with van der Waals surface area (Å²) in [4.78, 5) is 214. The van der Waals surface area contributed by atoms with Crippen LogP contribution in [-0.4, -0.2) is 452 Å². The van der Waals surface area contributed by atoms with Gasteiger partial charge in [-0.1, -0.05) is 0 Å². The van der Waals surface area contributed by atoms with Crippen LogP contribution in [0.15, 0.2) is 32.0 Å². The SMILES string of the molecule is O=C(O)CN1CCCN(CC(=O)NC[C@@H]2NC(=O)c3nc(co3)[C@H](CNC(=O)N3CCN(CCO)CCN(CC(=O)O)CCN(CC(=O)O)CC3)NC(=O)c3coc(n3)[C@H](CNC(=O)CN3CCN(CC(=O)O)CCN(CC(=O)O)CCN(CC(=O)O)CC3)NC(=O)c3coc2n3)CN(CC(=O)O)CCN(CC(=O)O)CC1. The number of hydrogen-bond acceptors (Lipinski definition) is 32. The van der Waals surface area contributed by atoms with Crippen LogP contribution in [0.2, 0.25) is 0 Å². The number of rotatable bonds is 28. The Labute approximate surface area is 640 Å². The van der Waals surface area contributed by atoms with Gasteiger partial charge >= 0.3 is 59.7 Å². The summed E-state index contributed by atoms with van der Waals surface area (Å²) in [6.45, 7) is -4.17. The summed E-state index contributed by atoms with van der Waals surface area (Å²) in [5.74, 6) is -15.4. The molecule has 7 rings (SSSR count). The lowest BCUT2D eigenvalue weighted by molar-refractivity contribution is -0.141. The van der Waals surface area contributed by atoms with E-state index in [-0.39, 0.29) is 195 Å². The number of aliphatic carboxylic acids is 8. The smallest absolute Gasteiger partial charge is 0.317 e. The first-order chi connectivity index (χ1) is 53.4. The summed E-state index contributed by atoms with van der Waals surface area (Å²) >= 11 is 0. The molecule has 47 nitrogen and oxygen atoms in total.